The molecule has 0 unspecified atom stereocenters. The van der Waals surface area contributed by atoms with Crippen molar-refractivity contribution in [3.8, 4) is 11.4 Å². The van der Waals surface area contributed by atoms with Crippen molar-refractivity contribution in [2.24, 2.45) is 0 Å². The highest BCUT2D eigenvalue weighted by atomic mass is 35.5. The van der Waals surface area contributed by atoms with Crippen LogP contribution in [0.3, 0.4) is 0 Å². The van der Waals surface area contributed by atoms with E-state index in [0.717, 1.165) is 5.69 Å². The number of aromatic nitrogens is 4. The summed E-state index contributed by atoms with van der Waals surface area (Å²) < 4.78 is 6.83. The highest BCUT2D eigenvalue weighted by Gasteiger charge is 2.11. The van der Waals surface area contributed by atoms with E-state index in [9.17, 15) is 4.79 Å². The molecule has 0 aliphatic carbocycles. The SMILES string of the molecule is COc1ccccc1NC(=O)CCSc1nnnn1-c1ccc(Cl)cc1. The lowest BCUT2D eigenvalue weighted by atomic mass is 10.3. The van der Waals surface area contributed by atoms with Crippen molar-refractivity contribution >= 4 is 35.0 Å². The fraction of sp³-hybridized carbons (Fsp3) is 0.176. The number of carbonyl (C=O) groups excluding carboxylic acids is 1. The van der Waals surface area contributed by atoms with E-state index in [2.05, 4.69) is 20.8 Å². The van der Waals surface area contributed by atoms with Crippen LogP contribution in [-0.4, -0.2) is 39.0 Å². The largest absolute Gasteiger partial charge is 0.495 e. The van der Waals surface area contributed by atoms with Crippen molar-refractivity contribution in [2.75, 3.05) is 18.2 Å². The smallest absolute Gasteiger partial charge is 0.225 e. The number of anilines is 1. The van der Waals surface area contributed by atoms with E-state index in [1.54, 1.807) is 36.1 Å². The van der Waals surface area contributed by atoms with Gasteiger partial charge in [0, 0.05) is 17.2 Å². The molecule has 0 aliphatic heterocycles. The molecule has 0 fully saturated rings. The number of tetrazole rings is 1. The highest BCUT2D eigenvalue weighted by Crippen LogP contribution is 2.24. The molecule has 3 aromatic rings. The molecule has 0 spiro atoms. The number of hydrogen-bond acceptors (Lipinski definition) is 6. The summed E-state index contributed by atoms with van der Waals surface area (Å²) in [5, 5.41) is 15.8. The monoisotopic (exact) mass is 389 g/mol. The third-order valence-electron chi connectivity index (χ3n) is 3.45. The number of nitrogens with one attached hydrogen (secondary N) is 1. The topological polar surface area (TPSA) is 81.9 Å². The number of para-hydroxylation sites is 2. The standard InChI is InChI=1S/C17H16ClN5O2S/c1-25-15-5-3-2-4-14(15)19-16(24)10-11-26-17-20-21-22-23(17)13-8-6-12(18)7-9-13/h2-9H,10-11H2,1H3,(H,19,24). The second-order valence-electron chi connectivity index (χ2n) is 5.20. The third kappa shape index (κ3) is 4.53. The molecule has 0 saturated carbocycles. The maximum atomic E-state index is 12.1. The van der Waals surface area contributed by atoms with E-state index in [1.807, 2.05) is 24.3 Å². The zero-order valence-corrected chi connectivity index (χ0v) is 15.5. The van der Waals surface area contributed by atoms with Gasteiger partial charge in [-0.15, -0.1) is 5.10 Å². The van der Waals surface area contributed by atoms with Gasteiger partial charge in [0.15, 0.2) is 0 Å². The summed E-state index contributed by atoms with van der Waals surface area (Å²) in [6.07, 6.45) is 0.316. The Bertz CT molecular complexity index is 885. The minimum absolute atomic E-state index is 0.104. The minimum atomic E-state index is -0.104. The fourth-order valence-corrected chi connectivity index (χ4v) is 3.16. The number of ether oxygens (including phenoxy) is 1. The summed E-state index contributed by atoms with van der Waals surface area (Å²) in [6, 6.07) is 14.5. The van der Waals surface area contributed by atoms with Gasteiger partial charge in [-0.2, -0.15) is 4.68 Å². The molecule has 3 rings (SSSR count). The van der Waals surface area contributed by atoms with E-state index in [4.69, 9.17) is 16.3 Å². The molecule has 1 heterocycles. The molecule has 7 nitrogen and oxygen atoms in total. The second kappa shape index (κ2) is 8.68. The average Bonchev–Trinajstić information content (AvgIpc) is 3.11. The first-order valence-electron chi connectivity index (χ1n) is 7.77. The fourth-order valence-electron chi connectivity index (χ4n) is 2.21. The molecular weight excluding hydrogens is 374 g/mol. The third-order valence-corrected chi connectivity index (χ3v) is 4.63. The van der Waals surface area contributed by atoms with Crippen molar-refractivity contribution in [2.45, 2.75) is 11.6 Å². The summed E-state index contributed by atoms with van der Waals surface area (Å²) in [5.41, 5.74) is 1.45. The molecule has 0 bridgehead atoms. The van der Waals surface area contributed by atoms with Gasteiger partial charge < -0.3 is 10.1 Å². The van der Waals surface area contributed by atoms with E-state index in [0.29, 0.717) is 33.8 Å². The van der Waals surface area contributed by atoms with Gasteiger partial charge in [-0.05, 0) is 46.8 Å². The van der Waals surface area contributed by atoms with Crippen LogP contribution in [0, 0.1) is 0 Å². The van der Waals surface area contributed by atoms with Crippen molar-refractivity contribution in [1.29, 1.82) is 0 Å². The molecule has 1 N–H and O–H groups in total. The Morgan fingerprint density at radius 2 is 2.00 bits per heavy atom. The Kier molecular flexibility index (Phi) is 6.08. The molecule has 2 aromatic carbocycles. The molecule has 0 aliphatic rings. The Hall–Kier alpha value is -2.58. The quantitative estimate of drug-likeness (QED) is 0.623. The Labute approximate surface area is 159 Å². The van der Waals surface area contributed by atoms with E-state index in [-0.39, 0.29) is 5.91 Å². The number of thioether (sulfide) groups is 1. The van der Waals surface area contributed by atoms with Crippen LogP contribution in [-0.2, 0) is 4.79 Å². The normalized spacial score (nSPS) is 10.5. The predicted octanol–water partition coefficient (Wildman–Crippen LogP) is 3.45. The van der Waals surface area contributed by atoms with Gasteiger partial charge in [-0.3, -0.25) is 4.79 Å². The number of nitrogens with zero attached hydrogens (tertiary/aromatic N) is 4. The van der Waals surface area contributed by atoms with Gasteiger partial charge in [0.05, 0.1) is 18.5 Å². The van der Waals surface area contributed by atoms with Gasteiger partial charge in [-0.25, -0.2) is 0 Å². The summed E-state index contributed by atoms with van der Waals surface area (Å²) in [6.45, 7) is 0. The van der Waals surface area contributed by atoms with E-state index >= 15 is 0 Å². The minimum Gasteiger partial charge on any atom is -0.495 e. The number of halogens is 1. The summed E-state index contributed by atoms with van der Waals surface area (Å²) >= 11 is 7.30. The molecule has 1 aromatic heterocycles. The Balaban J connectivity index is 1.56. The highest BCUT2D eigenvalue weighted by molar-refractivity contribution is 7.99. The molecule has 134 valence electrons. The first-order chi connectivity index (χ1) is 12.7. The van der Waals surface area contributed by atoms with Crippen molar-refractivity contribution in [3.63, 3.8) is 0 Å². The summed E-state index contributed by atoms with van der Waals surface area (Å²) in [4.78, 5) is 12.1. The number of amides is 1. The van der Waals surface area contributed by atoms with Crippen LogP contribution in [0.25, 0.3) is 5.69 Å². The van der Waals surface area contributed by atoms with Gasteiger partial charge in [0.25, 0.3) is 0 Å². The van der Waals surface area contributed by atoms with Crippen molar-refractivity contribution < 1.29 is 9.53 Å². The van der Waals surface area contributed by atoms with Gasteiger partial charge in [0.1, 0.15) is 5.75 Å². The number of benzene rings is 2. The maximum Gasteiger partial charge on any atom is 0.225 e. The first-order valence-corrected chi connectivity index (χ1v) is 9.13. The second-order valence-corrected chi connectivity index (χ2v) is 6.70. The van der Waals surface area contributed by atoms with Gasteiger partial charge >= 0.3 is 0 Å². The lowest BCUT2D eigenvalue weighted by Crippen LogP contribution is -2.13. The molecule has 1 amide bonds. The number of rotatable bonds is 7. The van der Waals surface area contributed by atoms with Crippen LogP contribution in [0.2, 0.25) is 5.02 Å². The Morgan fingerprint density at radius 1 is 1.23 bits per heavy atom. The van der Waals surface area contributed by atoms with Crippen molar-refractivity contribution in [3.05, 3.63) is 53.6 Å². The molecule has 26 heavy (non-hydrogen) atoms. The molecule has 0 atom stereocenters. The van der Waals surface area contributed by atoms with E-state index < -0.39 is 0 Å². The van der Waals surface area contributed by atoms with Crippen LogP contribution in [0.4, 0.5) is 5.69 Å². The lowest BCUT2D eigenvalue weighted by molar-refractivity contribution is -0.115. The van der Waals surface area contributed by atoms with Crippen molar-refractivity contribution in [1.82, 2.24) is 20.2 Å². The lowest BCUT2D eigenvalue weighted by Gasteiger charge is -2.09. The number of hydrogen-bond donors (Lipinski definition) is 1. The Morgan fingerprint density at radius 3 is 2.77 bits per heavy atom. The van der Waals surface area contributed by atoms with Crippen LogP contribution < -0.4 is 10.1 Å². The van der Waals surface area contributed by atoms with Crippen LogP contribution in [0.1, 0.15) is 6.42 Å². The first kappa shape index (κ1) is 18.2. The van der Waals surface area contributed by atoms with Crippen LogP contribution in [0.15, 0.2) is 53.7 Å². The molecule has 0 radical (unpaired) electrons. The number of methoxy groups -OCH3 is 1. The molecular formula is C17H16ClN5O2S. The number of carbonyl (C=O) groups is 1. The zero-order valence-electron chi connectivity index (χ0n) is 13.9. The summed E-state index contributed by atoms with van der Waals surface area (Å²) in [5.74, 6) is 1.06. The van der Waals surface area contributed by atoms with Gasteiger partial charge in [-0.1, -0.05) is 35.5 Å². The molecule has 0 saturated heterocycles. The predicted molar refractivity (Wildman–Crippen MR) is 101 cm³/mol. The maximum absolute atomic E-state index is 12.1. The molecule has 9 heteroatoms. The van der Waals surface area contributed by atoms with Crippen LogP contribution >= 0.6 is 23.4 Å². The zero-order chi connectivity index (χ0) is 18.4. The van der Waals surface area contributed by atoms with Crippen LogP contribution in [0.5, 0.6) is 5.75 Å². The van der Waals surface area contributed by atoms with Gasteiger partial charge in [0.2, 0.25) is 11.1 Å². The summed E-state index contributed by atoms with van der Waals surface area (Å²) in [7, 11) is 1.57. The average molecular weight is 390 g/mol. The van der Waals surface area contributed by atoms with E-state index in [1.165, 1.54) is 11.8 Å².